The third-order valence-electron chi connectivity index (χ3n) is 5.26. The summed E-state index contributed by atoms with van der Waals surface area (Å²) in [6.45, 7) is 1.65. The molecule has 0 saturated carbocycles. The van der Waals surface area contributed by atoms with Gasteiger partial charge in [0, 0.05) is 19.0 Å². The van der Waals surface area contributed by atoms with E-state index in [0.717, 1.165) is 0 Å². The first-order valence-corrected chi connectivity index (χ1v) is 9.57. The second kappa shape index (κ2) is 7.75. The lowest BCUT2D eigenvalue weighted by atomic mass is 9.85. The minimum absolute atomic E-state index is 0.00875. The molecule has 1 aliphatic heterocycles. The van der Waals surface area contributed by atoms with Gasteiger partial charge in [0.1, 0.15) is 17.2 Å². The van der Waals surface area contributed by atoms with E-state index in [0.29, 0.717) is 17.0 Å². The highest BCUT2D eigenvalue weighted by atomic mass is 19.1. The Bertz CT molecular complexity index is 1170. The number of nitrogens with zero attached hydrogens (tertiary/aromatic N) is 4. The molecule has 0 spiro atoms. The fraction of sp³-hybridized carbons (Fsp3) is 0.227. The van der Waals surface area contributed by atoms with Crippen LogP contribution in [0.1, 0.15) is 35.0 Å². The molecule has 4 rings (SSSR count). The van der Waals surface area contributed by atoms with Crippen molar-refractivity contribution in [3.8, 4) is 11.5 Å². The molecule has 1 amide bonds. The summed E-state index contributed by atoms with van der Waals surface area (Å²) in [5, 5.41) is 0. The summed E-state index contributed by atoms with van der Waals surface area (Å²) < 4.78 is 19.9. The van der Waals surface area contributed by atoms with Gasteiger partial charge in [-0.25, -0.2) is 19.4 Å². The molecule has 1 aromatic carbocycles. The predicted octanol–water partition coefficient (Wildman–Crippen LogP) is 2.69. The lowest BCUT2D eigenvalue weighted by molar-refractivity contribution is -0.128. The zero-order chi connectivity index (χ0) is 22.2. The number of rotatable bonds is 5. The van der Waals surface area contributed by atoms with Crippen molar-refractivity contribution in [2.24, 2.45) is 10.7 Å². The maximum atomic E-state index is 14.6. The van der Waals surface area contributed by atoms with Crippen LogP contribution < -0.4 is 5.73 Å². The van der Waals surface area contributed by atoms with E-state index in [4.69, 9.17) is 10.2 Å². The number of halogens is 1. The topological polar surface area (TPSA) is 115 Å². The minimum Gasteiger partial charge on any atom is -0.463 e. The number of furan rings is 1. The van der Waals surface area contributed by atoms with Crippen molar-refractivity contribution in [3.05, 3.63) is 71.6 Å². The van der Waals surface area contributed by atoms with Crippen LogP contribution in [-0.2, 0) is 16.8 Å². The van der Waals surface area contributed by atoms with Crippen molar-refractivity contribution in [1.29, 1.82) is 0 Å². The van der Waals surface area contributed by atoms with Crippen LogP contribution in [0.25, 0.3) is 11.5 Å². The van der Waals surface area contributed by atoms with Crippen LogP contribution in [0.4, 0.5) is 4.39 Å². The first kappa shape index (κ1) is 20.4. The first-order valence-electron chi connectivity index (χ1n) is 9.57. The Balaban J connectivity index is 1.57. The smallest absolute Gasteiger partial charge is 0.231 e. The van der Waals surface area contributed by atoms with Gasteiger partial charge in [0.05, 0.1) is 30.6 Å². The zero-order valence-corrected chi connectivity index (χ0v) is 17.0. The second-order valence-electron chi connectivity index (χ2n) is 7.55. The Morgan fingerprint density at radius 3 is 2.74 bits per heavy atom. The molecule has 9 heteroatoms. The van der Waals surface area contributed by atoms with E-state index in [1.54, 1.807) is 25.1 Å². The van der Waals surface area contributed by atoms with Crippen molar-refractivity contribution in [3.63, 3.8) is 0 Å². The number of guanidine groups is 1. The quantitative estimate of drug-likeness (QED) is 0.634. The van der Waals surface area contributed by atoms with E-state index < -0.39 is 11.4 Å². The van der Waals surface area contributed by atoms with E-state index in [1.165, 1.54) is 42.7 Å². The van der Waals surface area contributed by atoms with E-state index in [9.17, 15) is 14.0 Å². The van der Waals surface area contributed by atoms with Crippen molar-refractivity contribution < 1.29 is 18.4 Å². The number of carbonyl (C=O) groups excluding carboxylic acids is 2. The highest BCUT2D eigenvalue weighted by Gasteiger charge is 2.38. The van der Waals surface area contributed by atoms with Crippen molar-refractivity contribution >= 4 is 17.6 Å². The van der Waals surface area contributed by atoms with E-state index in [1.807, 2.05) is 0 Å². The lowest BCUT2D eigenvalue weighted by Crippen LogP contribution is -2.47. The van der Waals surface area contributed by atoms with Gasteiger partial charge in [0.25, 0.3) is 0 Å². The number of benzene rings is 1. The molecule has 0 aliphatic carbocycles. The molecule has 31 heavy (non-hydrogen) atoms. The molecule has 3 heterocycles. The van der Waals surface area contributed by atoms with Crippen LogP contribution >= 0.6 is 0 Å². The van der Waals surface area contributed by atoms with Crippen LogP contribution in [-0.4, -0.2) is 39.6 Å². The van der Waals surface area contributed by atoms with E-state index in [2.05, 4.69) is 15.0 Å². The highest BCUT2D eigenvalue weighted by molar-refractivity contribution is 5.99. The third kappa shape index (κ3) is 3.94. The molecule has 0 saturated heterocycles. The van der Waals surface area contributed by atoms with Gasteiger partial charge in [-0.1, -0.05) is 6.07 Å². The SMILES string of the molecule is CN1C(=O)CC(C)(c2cc(CC(=O)c3cnc(-c4ccco4)cn3)ccc2F)N=C1N. The zero-order valence-electron chi connectivity index (χ0n) is 17.0. The number of Topliss-reactive ketones (excluding diaryl/α,β-unsaturated/α-hetero) is 1. The summed E-state index contributed by atoms with van der Waals surface area (Å²) in [7, 11) is 1.52. The van der Waals surface area contributed by atoms with Gasteiger partial charge in [-0.15, -0.1) is 0 Å². The molecule has 8 nitrogen and oxygen atoms in total. The summed E-state index contributed by atoms with van der Waals surface area (Å²) in [5.41, 5.74) is 6.16. The van der Waals surface area contributed by atoms with Crippen molar-refractivity contribution in [2.75, 3.05) is 7.05 Å². The fourth-order valence-electron chi connectivity index (χ4n) is 3.46. The molecule has 1 aliphatic rings. The van der Waals surface area contributed by atoms with Crippen molar-refractivity contribution in [1.82, 2.24) is 14.9 Å². The Morgan fingerprint density at radius 2 is 2.10 bits per heavy atom. The van der Waals surface area contributed by atoms with Crippen LogP contribution in [0.15, 0.2) is 58.4 Å². The monoisotopic (exact) mass is 421 g/mol. The molecule has 0 radical (unpaired) electrons. The largest absolute Gasteiger partial charge is 0.463 e. The molecular formula is C22H20FN5O3. The van der Waals surface area contributed by atoms with Crippen LogP contribution in [0.2, 0.25) is 0 Å². The number of hydrogen-bond donors (Lipinski definition) is 1. The van der Waals surface area contributed by atoms with Gasteiger partial charge in [-0.05, 0) is 36.8 Å². The minimum atomic E-state index is -1.15. The summed E-state index contributed by atoms with van der Waals surface area (Å²) in [4.78, 5) is 38.9. The maximum absolute atomic E-state index is 14.6. The predicted molar refractivity (Wildman–Crippen MR) is 111 cm³/mol. The lowest BCUT2D eigenvalue weighted by Gasteiger charge is -2.34. The van der Waals surface area contributed by atoms with Gasteiger partial charge in [0.15, 0.2) is 17.5 Å². The number of nitrogens with two attached hydrogens (primary N) is 1. The molecule has 0 fully saturated rings. The highest BCUT2D eigenvalue weighted by Crippen LogP contribution is 2.35. The normalized spacial score (nSPS) is 18.7. The first-order chi connectivity index (χ1) is 14.8. The number of ketones is 1. The third-order valence-corrected chi connectivity index (χ3v) is 5.26. The summed E-state index contributed by atoms with van der Waals surface area (Å²) in [5.74, 6) is -0.483. The average molecular weight is 421 g/mol. The summed E-state index contributed by atoms with van der Waals surface area (Å²) in [6, 6.07) is 7.82. The molecule has 1 atom stereocenters. The molecule has 1 unspecified atom stereocenters. The Kier molecular flexibility index (Phi) is 5.10. The second-order valence-corrected chi connectivity index (χ2v) is 7.55. The van der Waals surface area contributed by atoms with Crippen LogP contribution in [0.5, 0.6) is 0 Å². The number of aliphatic imine (C=N–C) groups is 1. The molecule has 2 N–H and O–H groups in total. The van der Waals surface area contributed by atoms with Crippen molar-refractivity contribution in [2.45, 2.75) is 25.3 Å². The average Bonchev–Trinajstić information content (AvgIpc) is 3.28. The number of aromatic nitrogens is 2. The van der Waals surface area contributed by atoms with Gasteiger partial charge in [0.2, 0.25) is 5.91 Å². The standard InChI is InChI=1S/C22H20FN5O3/c1-22(10-20(30)28(2)21(24)27-22)14-8-13(5-6-15(14)23)9-18(29)16-11-26-17(12-25-16)19-4-3-7-31-19/h3-8,11-12H,9-10H2,1-2H3,(H2,24,27). The molecular weight excluding hydrogens is 401 g/mol. The van der Waals surface area contributed by atoms with Crippen LogP contribution in [0.3, 0.4) is 0 Å². The van der Waals surface area contributed by atoms with Gasteiger partial charge >= 0.3 is 0 Å². The van der Waals surface area contributed by atoms with Gasteiger partial charge in [-0.3, -0.25) is 14.5 Å². The molecule has 2 aromatic heterocycles. The Labute approximate surface area is 177 Å². The fourth-order valence-corrected chi connectivity index (χ4v) is 3.46. The summed E-state index contributed by atoms with van der Waals surface area (Å²) >= 11 is 0. The molecule has 158 valence electrons. The van der Waals surface area contributed by atoms with Gasteiger partial charge in [-0.2, -0.15) is 0 Å². The molecule has 3 aromatic rings. The van der Waals surface area contributed by atoms with E-state index >= 15 is 0 Å². The Morgan fingerprint density at radius 1 is 1.29 bits per heavy atom. The number of hydrogen-bond acceptors (Lipinski definition) is 7. The number of carbonyl (C=O) groups is 2. The van der Waals surface area contributed by atoms with E-state index in [-0.39, 0.29) is 41.7 Å². The Hall–Kier alpha value is -3.88. The maximum Gasteiger partial charge on any atom is 0.231 e. The number of amides is 1. The van der Waals surface area contributed by atoms with Crippen LogP contribution in [0, 0.1) is 5.82 Å². The molecule has 0 bridgehead atoms. The van der Waals surface area contributed by atoms with Gasteiger partial charge < -0.3 is 10.2 Å². The summed E-state index contributed by atoms with van der Waals surface area (Å²) in [6.07, 6.45) is 4.33.